The van der Waals surface area contributed by atoms with E-state index in [2.05, 4.69) is 32.6 Å². The molecular formula is C25H36N4O3. The number of ether oxygens (including phenoxy) is 1. The second-order valence-corrected chi connectivity index (χ2v) is 10.5. The van der Waals surface area contributed by atoms with Crippen LogP contribution in [0.1, 0.15) is 44.9 Å². The predicted octanol–water partition coefficient (Wildman–Crippen LogP) is 3.00. The molecule has 1 heterocycles. The highest BCUT2D eigenvalue weighted by atomic mass is 16.5. The van der Waals surface area contributed by atoms with Crippen LogP contribution in [0.2, 0.25) is 0 Å². The lowest BCUT2D eigenvalue weighted by atomic mass is 9.53. The summed E-state index contributed by atoms with van der Waals surface area (Å²) in [4.78, 5) is 29.8. The Hall–Kier alpha value is -2.28. The van der Waals surface area contributed by atoms with Crippen molar-refractivity contribution in [2.24, 2.45) is 17.8 Å². The predicted molar refractivity (Wildman–Crippen MR) is 124 cm³/mol. The fourth-order valence-corrected chi connectivity index (χ4v) is 7.09. The molecule has 4 aliphatic carbocycles. The van der Waals surface area contributed by atoms with E-state index in [9.17, 15) is 9.59 Å². The molecule has 1 aromatic rings. The molecule has 0 aromatic heterocycles. The van der Waals surface area contributed by atoms with Crippen LogP contribution in [0.5, 0.6) is 5.75 Å². The summed E-state index contributed by atoms with van der Waals surface area (Å²) >= 11 is 0. The van der Waals surface area contributed by atoms with E-state index < -0.39 is 0 Å². The topological polar surface area (TPSA) is 73.9 Å². The van der Waals surface area contributed by atoms with Crippen molar-refractivity contribution in [3.63, 3.8) is 0 Å². The normalized spacial score (nSPS) is 31.8. The lowest BCUT2D eigenvalue weighted by Gasteiger charge is -2.56. The van der Waals surface area contributed by atoms with E-state index in [4.69, 9.17) is 4.74 Å². The Morgan fingerprint density at radius 2 is 1.62 bits per heavy atom. The minimum atomic E-state index is -0.299. The third kappa shape index (κ3) is 4.72. The first kappa shape index (κ1) is 21.6. The minimum absolute atomic E-state index is 0.0689. The Kier molecular flexibility index (Phi) is 6.01. The van der Waals surface area contributed by atoms with Gasteiger partial charge in [-0.15, -0.1) is 0 Å². The maximum atomic E-state index is 12.7. The molecule has 0 atom stereocenters. The van der Waals surface area contributed by atoms with Crippen LogP contribution >= 0.6 is 0 Å². The van der Waals surface area contributed by atoms with Crippen molar-refractivity contribution in [3.8, 4) is 5.75 Å². The van der Waals surface area contributed by atoms with Crippen molar-refractivity contribution in [2.75, 3.05) is 44.7 Å². The van der Waals surface area contributed by atoms with Crippen molar-refractivity contribution < 1.29 is 14.3 Å². The first-order chi connectivity index (χ1) is 15.5. The van der Waals surface area contributed by atoms with E-state index in [0.717, 1.165) is 75.4 Å². The molecule has 6 rings (SSSR count). The van der Waals surface area contributed by atoms with Gasteiger partial charge in [0.25, 0.3) is 0 Å². The second-order valence-electron chi connectivity index (χ2n) is 10.5. The molecule has 32 heavy (non-hydrogen) atoms. The Labute approximate surface area is 190 Å². The number of anilines is 1. The van der Waals surface area contributed by atoms with Crippen LogP contribution in [0.15, 0.2) is 24.3 Å². The largest absolute Gasteiger partial charge is 0.497 e. The molecule has 7 nitrogen and oxygen atoms in total. The summed E-state index contributed by atoms with van der Waals surface area (Å²) in [7, 11) is 1.67. The molecular weight excluding hydrogens is 404 g/mol. The van der Waals surface area contributed by atoms with Gasteiger partial charge in [0, 0.05) is 37.4 Å². The summed E-state index contributed by atoms with van der Waals surface area (Å²) in [5.74, 6) is 2.95. The van der Waals surface area contributed by atoms with E-state index in [1.807, 2.05) is 12.1 Å². The zero-order chi connectivity index (χ0) is 22.1. The zero-order valence-electron chi connectivity index (χ0n) is 19.1. The number of imide groups is 1. The molecule has 174 valence electrons. The molecule has 2 N–H and O–H groups in total. The van der Waals surface area contributed by atoms with Crippen LogP contribution in [-0.2, 0) is 4.79 Å². The SMILES string of the molecule is COc1ccc(N2CCCN(CC(=O)NC(=O)NC34CC5CC(CC(C5)C3)C4)CC2)cc1. The molecule has 5 fully saturated rings. The van der Waals surface area contributed by atoms with E-state index in [1.54, 1.807) is 7.11 Å². The van der Waals surface area contributed by atoms with Crippen LogP contribution in [0.25, 0.3) is 0 Å². The number of nitrogens with one attached hydrogen (secondary N) is 2. The number of hydrogen-bond donors (Lipinski definition) is 2. The lowest BCUT2D eigenvalue weighted by molar-refractivity contribution is -0.121. The molecule has 5 aliphatic rings. The van der Waals surface area contributed by atoms with Gasteiger partial charge < -0.3 is 15.0 Å². The van der Waals surface area contributed by atoms with Crippen molar-refractivity contribution in [2.45, 2.75) is 50.5 Å². The highest BCUT2D eigenvalue weighted by molar-refractivity contribution is 5.95. The Morgan fingerprint density at radius 1 is 0.969 bits per heavy atom. The molecule has 1 aromatic carbocycles. The molecule has 1 saturated heterocycles. The van der Waals surface area contributed by atoms with E-state index in [1.165, 1.54) is 24.9 Å². The Morgan fingerprint density at radius 3 is 2.25 bits per heavy atom. The molecule has 3 amide bonds. The first-order valence-corrected chi connectivity index (χ1v) is 12.2. The van der Waals surface area contributed by atoms with Gasteiger partial charge in [-0.1, -0.05) is 0 Å². The van der Waals surface area contributed by atoms with Crippen LogP contribution < -0.4 is 20.3 Å². The number of urea groups is 1. The second kappa shape index (κ2) is 8.93. The van der Waals surface area contributed by atoms with E-state index >= 15 is 0 Å². The number of amides is 3. The fraction of sp³-hybridized carbons (Fsp3) is 0.680. The number of carbonyl (C=O) groups is 2. The van der Waals surface area contributed by atoms with Crippen LogP contribution in [-0.4, -0.2) is 62.2 Å². The maximum absolute atomic E-state index is 12.7. The van der Waals surface area contributed by atoms with Gasteiger partial charge in [0.1, 0.15) is 5.75 Å². The van der Waals surface area contributed by atoms with Gasteiger partial charge >= 0.3 is 6.03 Å². The number of methoxy groups -OCH3 is 1. The van der Waals surface area contributed by atoms with Crippen molar-refractivity contribution in [3.05, 3.63) is 24.3 Å². The third-order valence-corrected chi connectivity index (χ3v) is 8.06. The lowest BCUT2D eigenvalue weighted by Crippen LogP contribution is -2.62. The van der Waals surface area contributed by atoms with Crippen LogP contribution in [0.3, 0.4) is 0 Å². The fourth-order valence-electron chi connectivity index (χ4n) is 7.09. The average Bonchev–Trinajstić information content (AvgIpc) is 2.97. The van der Waals surface area contributed by atoms with E-state index in [0.29, 0.717) is 0 Å². The molecule has 4 bridgehead atoms. The monoisotopic (exact) mass is 440 g/mol. The summed E-state index contributed by atoms with van der Waals surface area (Å²) in [6.07, 6.45) is 8.27. The standard InChI is InChI=1S/C25H36N4O3/c1-32-22-5-3-21(4-6-22)29-8-2-7-28(9-10-29)17-23(30)26-24(31)27-25-14-18-11-19(15-25)13-20(12-18)16-25/h3-6,18-20H,2,7-17H2,1H3,(H2,26,27,30,31). The number of hydrogen-bond acceptors (Lipinski definition) is 5. The molecule has 4 saturated carbocycles. The van der Waals surface area contributed by atoms with Gasteiger partial charge in [0.2, 0.25) is 5.91 Å². The minimum Gasteiger partial charge on any atom is -0.497 e. The van der Waals surface area contributed by atoms with Crippen molar-refractivity contribution in [1.82, 2.24) is 15.5 Å². The van der Waals surface area contributed by atoms with Crippen molar-refractivity contribution >= 4 is 17.6 Å². The first-order valence-electron chi connectivity index (χ1n) is 12.2. The van der Waals surface area contributed by atoms with Gasteiger partial charge in [0.05, 0.1) is 13.7 Å². The quantitative estimate of drug-likeness (QED) is 0.736. The average molecular weight is 441 g/mol. The van der Waals surface area contributed by atoms with Gasteiger partial charge in [0.15, 0.2) is 0 Å². The summed E-state index contributed by atoms with van der Waals surface area (Å²) in [6, 6.07) is 7.82. The van der Waals surface area contributed by atoms with E-state index in [-0.39, 0.29) is 24.0 Å². The smallest absolute Gasteiger partial charge is 0.321 e. The molecule has 0 spiro atoms. The van der Waals surface area contributed by atoms with Crippen LogP contribution in [0.4, 0.5) is 10.5 Å². The maximum Gasteiger partial charge on any atom is 0.321 e. The number of rotatable bonds is 5. The summed E-state index contributed by atoms with van der Waals surface area (Å²) in [6.45, 7) is 3.74. The molecule has 0 radical (unpaired) electrons. The number of carbonyl (C=O) groups excluding carboxylic acids is 2. The Balaban J connectivity index is 1.09. The van der Waals surface area contributed by atoms with Gasteiger partial charge in [-0.2, -0.15) is 0 Å². The molecule has 1 aliphatic heterocycles. The summed E-state index contributed by atoms with van der Waals surface area (Å²) in [5.41, 5.74) is 1.10. The number of benzene rings is 1. The van der Waals surface area contributed by atoms with Gasteiger partial charge in [-0.25, -0.2) is 4.79 Å². The molecule has 0 unspecified atom stereocenters. The number of nitrogens with zero attached hydrogens (tertiary/aromatic N) is 2. The van der Waals surface area contributed by atoms with Gasteiger partial charge in [-0.3, -0.25) is 15.0 Å². The highest BCUT2D eigenvalue weighted by Gasteiger charge is 2.51. The summed E-state index contributed by atoms with van der Waals surface area (Å²) < 4.78 is 5.25. The summed E-state index contributed by atoms with van der Waals surface area (Å²) in [5, 5.41) is 5.86. The Bertz CT molecular complexity index is 805. The van der Waals surface area contributed by atoms with Crippen LogP contribution in [0, 0.1) is 17.8 Å². The van der Waals surface area contributed by atoms with Crippen molar-refractivity contribution in [1.29, 1.82) is 0 Å². The molecule has 7 heteroatoms. The highest BCUT2D eigenvalue weighted by Crippen LogP contribution is 2.55. The zero-order valence-corrected chi connectivity index (χ0v) is 19.1. The van der Waals surface area contributed by atoms with Gasteiger partial charge in [-0.05, 0) is 87.0 Å². The third-order valence-electron chi connectivity index (χ3n) is 8.06.